The number of hydrogen-bond acceptors (Lipinski definition) is 8. The number of rotatable bonds is 9. The maximum atomic E-state index is 13.3. The predicted molar refractivity (Wildman–Crippen MR) is 182 cm³/mol. The second-order valence-electron chi connectivity index (χ2n) is 10.8. The average molecular weight is 715 g/mol. The number of halogens is 1. The summed E-state index contributed by atoms with van der Waals surface area (Å²) in [5, 5.41) is 6.44. The molecule has 47 heavy (non-hydrogen) atoms. The summed E-state index contributed by atoms with van der Waals surface area (Å²) in [6.07, 6.45) is 0.171. The van der Waals surface area contributed by atoms with E-state index in [1.807, 2.05) is 48.5 Å². The number of carbonyl (C=O) groups excluding carboxylic acids is 4. The zero-order valence-electron chi connectivity index (χ0n) is 24.7. The SMILES string of the molecule is O.O=C1CCC(N2C(=O)c3cccc(NCCOc4ccc(Oc5c(-c6ccc(Br)cc6)sc6ccccc56)cc4)c3C2=O)C(=O)N1. The zero-order valence-corrected chi connectivity index (χ0v) is 27.2. The monoisotopic (exact) mass is 713 g/mol. The summed E-state index contributed by atoms with van der Waals surface area (Å²) in [4.78, 5) is 52.3. The number of amides is 4. The molecule has 0 bridgehead atoms. The van der Waals surface area contributed by atoms with Crippen LogP contribution in [-0.4, -0.2) is 53.2 Å². The highest BCUT2D eigenvalue weighted by Crippen LogP contribution is 2.46. The van der Waals surface area contributed by atoms with Gasteiger partial charge in [0, 0.05) is 33.2 Å². The van der Waals surface area contributed by atoms with Crippen LogP contribution in [0.4, 0.5) is 5.69 Å². The number of carbonyl (C=O) groups is 4. The smallest absolute Gasteiger partial charge is 0.264 e. The second-order valence-corrected chi connectivity index (χ2v) is 12.8. The second kappa shape index (κ2) is 13.4. The summed E-state index contributed by atoms with van der Waals surface area (Å²) in [7, 11) is 0. The van der Waals surface area contributed by atoms with E-state index in [1.54, 1.807) is 29.5 Å². The minimum Gasteiger partial charge on any atom is -0.492 e. The van der Waals surface area contributed by atoms with E-state index in [2.05, 4.69) is 50.8 Å². The van der Waals surface area contributed by atoms with Crippen LogP contribution in [0.15, 0.2) is 95.5 Å². The van der Waals surface area contributed by atoms with Crippen molar-refractivity contribution in [1.29, 1.82) is 0 Å². The molecule has 12 heteroatoms. The molecule has 1 fully saturated rings. The van der Waals surface area contributed by atoms with Gasteiger partial charge in [0.1, 0.15) is 24.1 Å². The molecule has 5 aromatic rings. The summed E-state index contributed by atoms with van der Waals surface area (Å²) in [5.74, 6) is -0.0302. The number of imide groups is 2. The Kier molecular flexibility index (Phi) is 9.08. The summed E-state index contributed by atoms with van der Waals surface area (Å²) in [6, 6.07) is 27.7. The van der Waals surface area contributed by atoms with Crippen LogP contribution < -0.4 is 20.1 Å². The van der Waals surface area contributed by atoms with E-state index in [0.29, 0.717) is 23.7 Å². The maximum Gasteiger partial charge on any atom is 0.264 e. The lowest BCUT2D eigenvalue weighted by atomic mass is 10.0. The third kappa shape index (κ3) is 6.22. The number of anilines is 1. The Morgan fingerprint density at radius 1 is 0.872 bits per heavy atom. The van der Waals surface area contributed by atoms with Gasteiger partial charge in [-0.15, -0.1) is 11.3 Å². The van der Waals surface area contributed by atoms with E-state index in [4.69, 9.17) is 9.47 Å². The number of hydrogen-bond donors (Lipinski definition) is 2. The largest absolute Gasteiger partial charge is 0.492 e. The Balaban J connectivity index is 0.00000386. The molecule has 238 valence electrons. The minimum atomic E-state index is -1.01. The Hall–Kier alpha value is -5.04. The van der Waals surface area contributed by atoms with Crippen LogP contribution in [0.5, 0.6) is 17.2 Å². The molecule has 7 rings (SSSR count). The maximum absolute atomic E-state index is 13.3. The molecule has 4 N–H and O–H groups in total. The minimum absolute atomic E-state index is 0. The normalized spacial score (nSPS) is 15.7. The molecule has 0 aliphatic carbocycles. The first-order valence-electron chi connectivity index (χ1n) is 14.6. The number of nitrogens with one attached hydrogen (secondary N) is 2. The molecule has 3 heterocycles. The molecule has 0 radical (unpaired) electrons. The van der Waals surface area contributed by atoms with E-state index in [9.17, 15) is 19.2 Å². The first-order valence-corrected chi connectivity index (χ1v) is 16.2. The summed E-state index contributed by atoms with van der Waals surface area (Å²) < 4.78 is 14.5. The lowest BCUT2D eigenvalue weighted by Gasteiger charge is -2.27. The van der Waals surface area contributed by atoms with Crippen LogP contribution in [0.1, 0.15) is 33.6 Å². The van der Waals surface area contributed by atoms with Crippen molar-refractivity contribution in [3.63, 3.8) is 0 Å². The highest BCUT2D eigenvalue weighted by Gasteiger charge is 2.45. The van der Waals surface area contributed by atoms with Gasteiger partial charge in [-0.2, -0.15) is 0 Å². The number of piperidine rings is 1. The van der Waals surface area contributed by atoms with E-state index in [1.165, 1.54) is 0 Å². The Bertz CT molecular complexity index is 2010. The van der Waals surface area contributed by atoms with Gasteiger partial charge in [-0.25, -0.2) is 0 Å². The van der Waals surface area contributed by atoms with E-state index in [0.717, 1.165) is 35.6 Å². The van der Waals surface area contributed by atoms with Crippen molar-refractivity contribution in [2.24, 2.45) is 0 Å². The number of nitrogens with zero attached hydrogens (tertiary/aromatic N) is 1. The van der Waals surface area contributed by atoms with Gasteiger partial charge in [-0.1, -0.05) is 46.3 Å². The quantitative estimate of drug-likeness (QED) is 0.137. The molecule has 1 aromatic heterocycles. The fourth-order valence-corrected chi connectivity index (χ4v) is 7.05. The summed E-state index contributed by atoms with van der Waals surface area (Å²) in [5.41, 5.74) is 1.98. The Labute approximate surface area is 281 Å². The third-order valence-electron chi connectivity index (χ3n) is 7.85. The molecule has 2 aliphatic rings. The fourth-order valence-electron chi connectivity index (χ4n) is 5.65. The van der Waals surface area contributed by atoms with Crippen LogP contribution >= 0.6 is 27.3 Å². The molecule has 4 amide bonds. The molecule has 1 unspecified atom stereocenters. The number of benzene rings is 4. The fraction of sp³-hybridized carbons (Fsp3) is 0.143. The topological polar surface area (TPSA) is 146 Å². The molecule has 0 spiro atoms. The van der Waals surface area contributed by atoms with Crippen LogP contribution in [0, 0.1) is 0 Å². The zero-order chi connectivity index (χ0) is 31.8. The van der Waals surface area contributed by atoms with Gasteiger partial charge in [-0.05, 0) is 72.6 Å². The lowest BCUT2D eigenvalue weighted by Crippen LogP contribution is -2.54. The van der Waals surface area contributed by atoms with Crippen molar-refractivity contribution in [1.82, 2.24) is 10.2 Å². The van der Waals surface area contributed by atoms with Gasteiger partial charge in [0.2, 0.25) is 11.8 Å². The molecule has 2 aliphatic heterocycles. The van der Waals surface area contributed by atoms with Gasteiger partial charge in [0.05, 0.1) is 16.0 Å². The van der Waals surface area contributed by atoms with Crippen molar-refractivity contribution < 1.29 is 34.1 Å². The van der Waals surface area contributed by atoms with Gasteiger partial charge in [-0.3, -0.25) is 29.4 Å². The predicted octanol–water partition coefficient (Wildman–Crippen LogP) is 6.19. The Morgan fingerprint density at radius 2 is 1.62 bits per heavy atom. The van der Waals surface area contributed by atoms with Crippen molar-refractivity contribution >= 4 is 66.7 Å². The lowest BCUT2D eigenvalue weighted by molar-refractivity contribution is -0.136. The summed E-state index contributed by atoms with van der Waals surface area (Å²) in [6.45, 7) is 0.637. The van der Waals surface area contributed by atoms with E-state index in [-0.39, 0.29) is 36.1 Å². The molecule has 1 saturated heterocycles. The number of ether oxygens (including phenoxy) is 2. The number of thiophene rings is 1. The van der Waals surface area contributed by atoms with E-state index >= 15 is 0 Å². The van der Waals surface area contributed by atoms with Crippen molar-refractivity contribution in [3.8, 4) is 27.7 Å². The first kappa shape index (κ1) is 31.9. The molecule has 1 atom stereocenters. The van der Waals surface area contributed by atoms with Crippen LogP contribution in [-0.2, 0) is 9.59 Å². The Morgan fingerprint density at radius 3 is 2.38 bits per heavy atom. The van der Waals surface area contributed by atoms with Gasteiger partial charge in [0.25, 0.3) is 11.8 Å². The number of fused-ring (bicyclic) bond motifs is 2. The van der Waals surface area contributed by atoms with Gasteiger partial charge < -0.3 is 20.3 Å². The van der Waals surface area contributed by atoms with Crippen LogP contribution in [0.3, 0.4) is 0 Å². The first-order chi connectivity index (χ1) is 22.4. The standard InChI is InChI=1S/C35H26BrN3O6S.H2O/c36-21-10-8-20(9-11-21)32-31(24-4-1-2-7-28(24)46-32)45-23-14-12-22(13-15-23)44-19-18-37-26-6-3-5-25-30(26)35(43)39(34(25)42)27-16-17-29(40)38-33(27)41;/h1-15,27,37H,16-19H2,(H,38,40,41);1H2. The molecular weight excluding hydrogens is 686 g/mol. The van der Waals surface area contributed by atoms with Crippen molar-refractivity contribution in [2.45, 2.75) is 18.9 Å². The average Bonchev–Trinajstić information content (AvgIpc) is 3.55. The van der Waals surface area contributed by atoms with Crippen molar-refractivity contribution in [3.05, 3.63) is 107 Å². The van der Waals surface area contributed by atoms with Crippen LogP contribution in [0.25, 0.3) is 20.5 Å². The molecule has 10 nitrogen and oxygen atoms in total. The third-order valence-corrected chi connectivity index (χ3v) is 9.58. The molecular formula is C35H28BrN3O7S. The van der Waals surface area contributed by atoms with E-state index < -0.39 is 29.7 Å². The van der Waals surface area contributed by atoms with Gasteiger partial charge >= 0.3 is 0 Å². The molecule has 4 aromatic carbocycles. The molecule has 0 saturated carbocycles. The van der Waals surface area contributed by atoms with Crippen molar-refractivity contribution in [2.75, 3.05) is 18.5 Å². The highest BCUT2D eigenvalue weighted by molar-refractivity contribution is 9.10. The summed E-state index contributed by atoms with van der Waals surface area (Å²) >= 11 is 5.20. The van der Waals surface area contributed by atoms with Gasteiger partial charge in [0.15, 0.2) is 5.75 Å². The highest BCUT2D eigenvalue weighted by atomic mass is 79.9. The van der Waals surface area contributed by atoms with Crippen LogP contribution in [0.2, 0.25) is 0 Å².